The fraction of sp³-hybridized carbons (Fsp3) is 0. The Hall–Kier alpha value is -3.72. The van der Waals surface area contributed by atoms with Gasteiger partial charge >= 0.3 is 0 Å². The van der Waals surface area contributed by atoms with Gasteiger partial charge in [0.1, 0.15) is 23.0 Å². The highest BCUT2D eigenvalue weighted by molar-refractivity contribution is 5.92. The van der Waals surface area contributed by atoms with Gasteiger partial charge < -0.3 is 4.98 Å². The zero-order chi connectivity index (χ0) is 16.5. The molecule has 1 N–H and O–H groups in total. The molecule has 0 saturated carbocycles. The summed E-state index contributed by atoms with van der Waals surface area (Å²) in [6.45, 7) is 0. The molecule has 0 unspecified atom stereocenters. The summed E-state index contributed by atoms with van der Waals surface area (Å²) in [7, 11) is 0. The maximum atomic E-state index is 12.1. The van der Waals surface area contributed by atoms with Crippen LogP contribution in [-0.2, 0) is 0 Å². The molecule has 0 amide bonds. The summed E-state index contributed by atoms with van der Waals surface area (Å²) in [5, 5.41) is 14.5. The van der Waals surface area contributed by atoms with E-state index in [9.17, 15) is 4.79 Å². The van der Waals surface area contributed by atoms with Crippen LogP contribution in [0.3, 0.4) is 0 Å². The first kappa shape index (κ1) is 13.9. The minimum absolute atomic E-state index is 0.0558. The molecule has 0 bridgehead atoms. The highest BCUT2D eigenvalue weighted by Crippen LogP contribution is 2.28. The van der Waals surface area contributed by atoms with Crippen molar-refractivity contribution >= 4 is 11.0 Å². The molecule has 0 fully saturated rings. The summed E-state index contributed by atoms with van der Waals surface area (Å²) in [6, 6.07) is 16.7. The molecule has 24 heavy (non-hydrogen) atoms. The van der Waals surface area contributed by atoms with Crippen LogP contribution < -0.4 is 5.56 Å². The van der Waals surface area contributed by atoms with Crippen molar-refractivity contribution in [3.8, 4) is 23.0 Å². The van der Waals surface area contributed by atoms with E-state index in [1.54, 1.807) is 23.1 Å². The number of hydrogen-bond acceptors (Lipinski definition) is 4. The zero-order valence-electron chi connectivity index (χ0n) is 12.5. The largest absolute Gasteiger partial charge is 0.305 e. The molecule has 0 aliphatic carbocycles. The summed E-state index contributed by atoms with van der Waals surface area (Å²) in [5.41, 5.74) is 2.46. The van der Waals surface area contributed by atoms with E-state index >= 15 is 0 Å². The quantitative estimate of drug-likeness (QED) is 0.616. The molecule has 0 saturated heterocycles. The normalized spacial score (nSPS) is 10.6. The molecule has 1 aromatic carbocycles. The van der Waals surface area contributed by atoms with E-state index in [0.29, 0.717) is 16.7 Å². The van der Waals surface area contributed by atoms with Gasteiger partial charge in [-0.15, -0.1) is 0 Å². The van der Waals surface area contributed by atoms with Gasteiger partial charge in [0, 0.05) is 23.3 Å². The van der Waals surface area contributed by atoms with Gasteiger partial charge in [-0.2, -0.15) is 10.4 Å². The number of hydrogen-bond donors (Lipinski definition) is 1. The van der Waals surface area contributed by atoms with Crippen molar-refractivity contribution in [1.82, 2.24) is 19.7 Å². The topological polar surface area (TPSA) is 87.4 Å². The van der Waals surface area contributed by atoms with Gasteiger partial charge in [-0.25, -0.2) is 4.68 Å². The van der Waals surface area contributed by atoms with Crippen molar-refractivity contribution in [3.63, 3.8) is 0 Å². The minimum atomic E-state index is -0.431. The summed E-state index contributed by atoms with van der Waals surface area (Å²) in [5.74, 6) is 0. The van der Waals surface area contributed by atoms with E-state index in [-0.39, 0.29) is 5.56 Å². The van der Waals surface area contributed by atoms with Crippen molar-refractivity contribution in [3.05, 3.63) is 76.8 Å². The standard InChI is InChI=1S/C18H11N5O/c19-10-13-9-15-16(12-5-4-8-20-11-12)22-23(17(15)21-18(13)24)14-6-2-1-3-7-14/h1-9,11H,(H,21,24). The molecule has 4 aromatic rings. The third-order valence-electron chi connectivity index (χ3n) is 3.74. The number of pyridine rings is 2. The molecule has 0 radical (unpaired) electrons. The number of fused-ring (bicyclic) bond motifs is 1. The molecule has 6 heteroatoms. The van der Waals surface area contributed by atoms with E-state index < -0.39 is 5.56 Å². The zero-order valence-corrected chi connectivity index (χ0v) is 12.5. The second kappa shape index (κ2) is 5.48. The lowest BCUT2D eigenvalue weighted by Gasteiger charge is -2.02. The Kier molecular flexibility index (Phi) is 3.18. The molecule has 0 aliphatic rings. The summed E-state index contributed by atoms with van der Waals surface area (Å²) < 4.78 is 1.67. The predicted molar refractivity (Wildman–Crippen MR) is 89.6 cm³/mol. The van der Waals surface area contributed by atoms with Crippen LogP contribution in [0.2, 0.25) is 0 Å². The molecule has 4 rings (SSSR count). The maximum absolute atomic E-state index is 12.1. The van der Waals surface area contributed by atoms with Crippen molar-refractivity contribution in [2.45, 2.75) is 0 Å². The fourth-order valence-corrected chi connectivity index (χ4v) is 2.63. The molecule has 0 aliphatic heterocycles. The molecule has 3 heterocycles. The number of aromatic nitrogens is 4. The second-order valence-corrected chi connectivity index (χ2v) is 5.22. The van der Waals surface area contributed by atoms with E-state index in [0.717, 1.165) is 11.3 Å². The number of H-pyrrole nitrogens is 1. The lowest BCUT2D eigenvalue weighted by atomic mass is 10.1. The number of para-hydroxylation sites is 1. The molecule has 3 aromatic heterocycles. The highest BCUT2D eigenvalue weighted by Gasteiger charge is 2.16. The number of nitrogens with one attached hydrogen (secondary N) is 1. The monoisotopic (exact) mass is 313 g/mol. The van der Waals surface area contributed by atoms with Crippen LogP contribution in [0.25, 0.3) is 28.0 Å². The van der Waals surface area contributed by atoms with Gasteiger partial charge in [-0.3, -0.25) is 9.78 Å². The minimum Gasteiger partial charge on any atom is -0.305 e. The van der Waals surface area contributed by atoms with E-state index in [1.807, 2.05) is 48.5 Å². The van der Waals surface area contributed by atoms with Crippen molar-refractivity contribution in [2.75, 3.05) is 0 Å². The van der Waals surface area contributed by atoms with Gasteiger partial charge in [0.15, 0.2) is 0 Å². The van der Waals surface area contributed by atoms with Crippen LogP contribution in [0.5, 0.6) is 0 Å². The van der Waals surface area contributed by atoms with Crippen molar-refractivity contribution < 1.29 is 0 Å². The second-order valence-electron chi connectivity index (χ2n) is 5.22. The first-order valence-corrected chi connectivity index (χ1v) is 7.30. The Morgan fingerprint density at radius 3 is 2.67 bits per heavy atom. The number of aromatic amines is 1. The highest BCUT2D eigenvalue weighted by atomic mass is 16.1. The van der Waals surface area contributed by atoms with Gasteiger partial charge in [-0.05, 0) is 30.3 Å². The lowest BCUT2D eigenvalue weighted by molar-refractivity contribution is 0.897. The first-order chi connectivity index (χ1) is 11.8. The number of benzene rings is 1. The van der Waals surface area contributed by atoms with Crippen LogP contribution in [0.4, 0.5) is 0 Å². The molecular formula is C18H11N5O. The Balaban J connectivity index is 2.10. The molecule has 114 valence electrons. The fourth-order valence-electron chi connectivity index (χ4n) is 2.63. The third kappa shape index (κ3) is 2.16. The summed E-state index contributed by atoms with van der Waals surface area (Å²) in [6.07, 6.45) is 3.39. The van der Waals surface area contributed by atoms with Gasteiger partial charge in [0.05, 0.1) is 5.69 Å². The Labute approximate surface area is 136 Å². The van der Waals surface area contributed by atoms with Crippen molar-refractivity contribution in [1.29, 1.82) is 5.26 Å². The van der Waals surface area contributed by atoms with Gasteiger partial charge in [-0.1, -0.05) is 18.2 Å². The Bertz CT molecular complexity index is 1120. The van der Waals surface area contributed by atoms with Crippen LogP contribution in [0, 0.1) is 11.3 Å². The van der Waals surface area contributed by atoms with E-state index in [4.69, 9.17) is 5.26 Å². The van der Waals surface area contributed by atoms with Gasteiger partial charge in [0.2, 0.25) is 0 Å². The predicted octanol–water partition coefficient (Wildman–Crippen LogP) is 2.65. The summed E-state index contributed by atoms with van der Waals surface area (Å²) >= 11 is 0. The number of rotatable bonds is 2. The molecular weight excluding hydrogens is 302 g/mol. The maximum Gasteiger partial charge on any atom is 0.267 e. The Morgan fingerprint density at radius 2 is 1.96 bits per heavy atom. The lowest BCUT2D eigenvalue weighted by Crippen LogP contribution is -2.11. The van der Waals surface area contributed by atoms with Crippen LogP contribution >= 0.6 is 0 Å². The molecule has 6 nitrogen and oxygen atoms in total. The van der Waals surface area contributed by atoms with Crippen LogP contribution in [0.15, 0.2) is 65.7 Å². The van der Waals surface area contributed by atoms with Crippen LogP contribution in [-0.4, -0.2) is 19.7 Å². The third-order valence-corrected chi connectivity index (χ3v) is 3.74. The Morgan fingerprint density at radius 1 is 1.12 bits per heavy atom. The van der Waals surface area contributed by atoms with E-state index in [2.05, 4.69) is 15.1 Å². The average molecular weight is 313 g/mol. The number of nitriles is 1. The molecule has 0 atom stereocenters. The smallest absolute Gasteiger partial charge is 0.267 e. The summed E-state index contributed by atoms with van der Waals surface area (Å²) in [4.78, 5) is 19.0. The van der Waals surface area contributed by atoms with E-state index in [1.165, 1.54) is 0 Å². The average Bonchev–Trinajstić information content (AvgIpc) is 3.00. The SMILES string of the molecule is N#Cc1cc2c(-c3cccnc3)nn(-c3ccccc3)c2[nH]c1=O. The molecule has 0 spiro atoms. The van der Waals surface area contributed by atoms with Gasteiger partial charge in [0.25, 0.3) is 5.56 Å². The number of nitrogens with zero attached hydrogens (tertiary/aromatic N) is 4. The van der Waals surface area contributed by atoms with Crippen LogP contribution in [0.1, 0.15) is 5.56 Å². The van der Waals surface area contributed by atoms with Crippen molar-refractivity contribution in [2.24, 2.45) is 0 Å². The first-order valence-electron chi connectivity index (χ1n) is 7.30.